The monoisotopic (exact) mass is 476 g/mol. The van der Waals surface area contributed by atoms with Gasteiger partial charge < -0.3 is 14.2 Å². The number of fused-ring (bicyclic) bond motifs is 2. The summed E-state index contributed by atoms with van der Waals surface area (Å²) in [6.07, 6.45) is 2.50. The Morgan fingerprint density at radius 3 is 2.57 bits per heavy atom. The number of likely N-dealkylation sites (tertiary alicyclic amines) is 1. The van der Waals surface area contributed by atoms with Crippen LogP contribution in [0, 0.1) is 6.92 Å². The SMILES string of the molecule is COc1cc(OC)c2nc(Nc3nc4ccc(OCCN5CCCC5)cc4c(=O)[nH]3)nc(C)c2c1. The Hall–Kier alpha value is -3.92. The van der Waals surface area contributed by atoms with E-state index in [1.54, 1.807) is 32.4 Å². The lowest BCUT2D eigenvalue weighted by molar-refractivity contribution is 0.238. The Morgan fingerprint density at radius 2 is 1.80 bits per heavy atom. The van der Waals surface area contributed by atoms with Crippen molar-refractivity contribution in [3.63, 3.8) is 0 Å². The van der Waals surface area contributed by atoms with Crippen molar-refractivity contribution in [1.29, 1.82) is 0 Å². The number of nitrogens with one attached hydrogen (secondary N) is 2. The molecule has 10 heteroatoms. The molecule has 0 spiro atoms. The molecular formula is C25H28N6O4. The van der Waals surface area contributed by atoms with Crippen LogP contribution in [-0.4, -0.2) is 65.3 Å². The number of aromatic amines is 1. The van der Waals surface area contributed by atoms with E-state index in [0.29, 0.717) is 46.2 Å². The summed E-state index contributed by atoms with van der Waals surface area (Å²) < 4.78 is 16.7. The van der Waals surface area contributed by atoms with Gasteiger partial charge in [-0.05, 0) is 57.1 Å². The smallest absolute Gasteiger partial charge is 0.260 e. The average Bonchev–Trinajstić information content (AvgIpc) is 3.37. The highest BCUT2D eigenvalue weighted by molar-refractivity contribution is 5.89. The molecule has 0 radical (unpaired) electrons. The summed E-state index contributed by atoms with van der Waals surface area (Å²) in [4.78, 5) is 31.6. The molecule has 4 aromatic rings. The van der Waals surface area contributed by atoms with Gasteiger partial charge in [-0.25, -0.2) is 15.0 Å². The van der Waals surface area contributed by atoms with Gasteiger partial charge in [-0.2, -0.15) is 0 Å². The highest BCUT2D eigenvalue weighted by atomic mass is 16.5. The Labute approximate surface area is 202 Å². The topological polar surface area (TPSA) is 114 Å². The molecule has 3 heterocycles. The molecule has 2 aromatic carbocycles. The molecule has 1 aliphatic rings. The number of benzene rings is 2. The molecule has 0 aliphatic carbocycles. The number of nitrogens with zero attached hydrogens (tertiary/aromatic N) is 4. The lowest BCUT2D eigenvalue weighted by Gasteiger charge is -2.15. The van der Waals surface area contributed by atoms with E-state index in [1.807, 2.05) is 19.1 Å². The molecule has 10 nitrogen and oxygen atoms in total. The first kappa shape index (κ1) is 22.9. The Kier molecular flexibility index (Phi) is 6.37. The fourth-order valence-electron chi connectivity index (χ4n) is 4.32. The van der Waals surface area contributed by atoms with Crippen molar-refractivity contribution in [2.45, 2.75) is 19.8 Å². The van der Waals surface area contributed by atoms with Gasteiger partial charge in [0, 0.05) is 18.0 Å². The number of aryl methyl sites for hydroxylation is 1. The van der Waals surface area contributed by atoms with Gasteiger partial charge in [0.2, 0.25) is 11.9 Å². The van der Waals surface area contributed by atoms with Crippen LogP contribution < -0.4 is 25.1 Å². The number of ether oxygens (including phenoxy) is 3. The second-order valence-corrected chi connectivity index (χ2v) is 8.47. The summed E-state index contributed by atoms with van der Waals surface area (Å²) in [6, 6.07) is 8.96. The third kappa shape index (κ3) is 4.83. The maximum absolute atomic E-state index is 12.8. The van der Waals surface area contributed by atoms with Crippen LogP contribution in [0.5, 0.6) is 17.2 Å². The van der Waals surface area contributed by atoms with Crippen LogP contribution in [0.1, 0.15) is 18.5 Å². The van der Waals surface area contributed by atoms with Crippen molar-refractivity contribution in [2.24, 2.45) is 0 Å². The molecule has 2 aromatic heterocycles. The Balaban J connectivity index is 1.38. The quantitative estimate of drug-likeness (QED) is 0.395. The minimum absolute atomic E-state index is 0.247. The number of H-pyrrole nitrogens is 1. The summed E-state index contributed by atoms with van der Waals surface area (Å²) in [5, 5.41) is 4.28. The van der Waals surface area contributed by atoms with Crippen LogP contribution in [0.25, 0.3) is 21.8 Å². The molecule has 0 atom stereocenters. The standard InChI is InChI=1S/C25H28N6O4/c1-15-18-13-17(33-2)14-21(34-3)22(18)28-24(26-15)30-25-27-20-7-6-16(12-19(20)23(32)29-25)35-11-10-31-8-4-5-9-31/h6-7,12-14H,4-5,8-11H2,1-3H3,(H2,26,27,28,29,30,32). The zero-order chi connectivity index (χ0) is 24.4. The second kappa shape index (κ2) is 9.75. The summed E-state index contributed by atoms with van der Waals surface area (Å²) in [5.41, 5.74) is 1.63. The average molecular weight is 477 g/mol. The van der Waals surface area contributed by atoms with Gasteiger partial charge in [-0.15, -0.1) is 0 Å². The third-order valence-electron chi connectivity index (χ3n) is 6.17. The van der Waals surface area contributed by atoms with Crippen LogP contribution in [0.3, 0.4) is 0 Å². The Bertz CT molecular complexity index is 1430. The number of methoxy groups -OCH3 is 2. The summed E-state index contributed by atoms with van der Waals surface area (Å²) in [6.45, 7) is 5.60. The lowest BCUT2D eigenvalue weighted by Crippen LogP contribution is -2.25. The molecule has 35 heavy (non-hydrogen) atoms. The molecule has 5 rings (SSSR count). The summed E-state index contributed by atoms with van der Waals surface area (Å²) in [5.74, 6) is 2.41. The van der Waals surface area contributed by atoms with Crippen LogP contribution >= 0.6 is 0 Å². The molecule has 0 unspecified atom stereocenters. The van der Waals surface area contributed by atoms with Crippen LogP contribution in [0.15, 0.2) is 35.1 Å². The highest BCUT2D eigenvalue weighted by Crippen LogP contribution is 2.32. The molecular weight excluding hydrogens is 448 g/mol. The molecule has 182 valence electrons. The van der Waals surface area contributed by atoms with E-state index >= 15 is 0 Å². The molecule has 1 saturated heterocycles. The van der Waals surface area contributed by atoms with Crippen LogP contribution in [0.2, 0.25) is 0 Å². The first-order chi connectivity index (χ1) is 17.0. The van der Waals surface area contributed by atoms with E-state index in [0.717, 1.165) is 30.7 Å². The molecule has 1 aliphatic heterocycles. The number of hydrogen-bond acceptors (Lipinski definition) is 9. The van der Waals surface area contributed by atoms with Crippen molar-refractivity contribution in [1.82, 2.24) is 24.8 Å². The van der Waals surface area contributed by atoms with Crippen molar-refractivity contribution >= 4 is 33.7 Å². The number of anilines is 2. The van der Waals surface area contributed by atoms with E-state index in [9.17, 15) is 4.79 Å². The van der Waals surface area contributed by atoms with E-state index in [2.05, 4.69) is 30.2 Å². The van der Waals surface area contributed by atoms with Gasteiger partial charge in [0.05, 0.1) is 30.8 Å². The fraction of sp³-hybridized carbons (Fsp3) is 0.360. The van der Waals surface area contributed by atoms with Crippen LogP contribution in [-0.2, 0) is 0 Å². The van der Waals surface area contributed by atoms with Gasteiger partial charge in [-0.1, -0.05) is 0 Å². The number of rotatable bonds is 8. The molecule has 2 N–H and O–H groups in total. The van der Waals surface area contributed by atoms with E-state index in [1.165, 1.54) is 12.8 Å². The van der Waals surface area contributed by atoms with E-state index in [4.69, 9.17) is 14.2 Å². The first-order valence-electron chi connectivity index (χ1n) is 11.6. The Morgan fingerprint density at radius 1 is 1.00 bits per heavy atom. The largest absolute Gasteiger partial charge is 0.497 e. The van der Waals surface area contributed by atoms with E-state index in [-0.39, 0.29) is 11.5 Å². The zero-order valence-corrected chi connectivity index (χ0v) is 20.1. The van der Waals surface area contributed by atoms with Crippen molar-refractivity contribution in [3.05, 3.63) is 46.4 Å². The molecule has 0 amide bonds. The minimum Gasteiger partial charge on any atom is -0.497 e. The number of aromatic nitrogens is 4. The van der Waals surface area contributed by atoms with Crippen molar-refractivity contribution in [2.75, 3.05) is 45.8 Å². The maximum Gasteiger partial charge on any atom is 0.260 e. The maximum atomic E-state index is 12.8. The lowest BCUT2D eigenvalue weighted by atomic mass is 10.1. The molecule has 0 bridgehead atoms. The normalized spacial score (nSPS) is 13.9. The van der Waals surface area contributed by atoms with Crippen molar-refractivity contribution in [3.8, 4) is 17.2 Å². The van der Waals surface area contributed by atoms with Crippen LogP contribution in [0.4, 0.5) is 11.9 Å². The fourth-order valence-corrected chi connectivity index (χ4v) is 4.32. The van der Waals surface area contributed by atoms with Crippen molar-refractivity contribution < 1.29 is 14.2 Å². The first-order valence-corrected chi connectivity index (χ1v) is 11.6. The highest BCUT2D eigenvalue weighted by Gasteiger charge is 2.14. The summed E-state index contributed by atoms with van der Waals surface area (Å²) >= 11 is 0. The molecule has 0 saturated carbocycles. The van der Waals surface area contributed by atoms with E-state index < -0.39 is 0 Å². The van der Waals surface area contributed by atoms with Gasteiger partial charge in [0.25, 0.3) is 5.56 Å². The predicted molar refractivity (Wildman–Crippen MR) is 134 cm³/mol. The van der Waals surface area contributed by atoms with Gasteiger partial charge >= 0.3 is 0 Å². The van der Waals surface area contributed by atoms with Gasteiger partial charge in [0.1, 0.15) is 29.4 Å². The molecule has 1 fully saturated rings. The minimum atomic E-state index is -0.276. The van der Waals surface area contributed by atoms with Gasteiger partial charge in [-0.3, -0.25) is 20.0 Å². The third-order valence-corrected chi connectivity index (χ3v) is 6.17. The zero-order valence-electron chi connectivity index (χ0n) is 20.1. The summed E-state index contributed by atoms with van der Waals surface area (Å²) in [7, 11) is 3.17. The number of hydrogen-bond donors (Lipinski definition) is 2. The predicted octanol–water partition coefficient (Wildman–Crippen LogP) is 3.41. The second-order valence-electron chi connectivity index (χ2n) is 8.47. The van der Waals surface area contributed by atoms with Gasteiger partial charge in [0.15, 0.2) is 0 Å².